The topological polar surface area (TPSA) is 156 Å². The minimum atomic E-state index is -4.23. The highest BCUT2D eigenvalue weighted by molar-refractivity contribution is 8.00. The van der Waals surface area contributed by atoms with Crippen molar-refractivity contribution in [2.75, 3.05) is 37.7 Å². The molecule has 0 radical (unpaired) electrons. The molecule has 11 nitrogen and oxygen atoms in total. The van der Waals surface area contributed by atoms with Gasteiger partial charge in [-0.15, -0.1) is 11.8 Å². The molecule has 2 heterocycles. The minimum Gasteiger partial charge on any atom is -0.549 e. The van der Waals surface area contributed by atoms with Crippen molar-refractivity contribution in [1.29, 1.82) is 0 Å². The number of carbonyl (C=O) groups is 4. The Morgan fingerprint density at radius 1 is 1.18 bits per heavy atom. The van der Waals surface area contributed by atoms with Crippen molar-refractivity contribution < 1.29 is 37.1 Å². The molecule has 3 amide bonds. The Morgan fingerprint density at radius 2 is 1.88 bits per heavy atom. The molecule has 2 saturated heterocycles. The van der Waals surface area contributed by atoms with Gasteiger partial charge < -0.3 is 25.4 Å². The highest BCUT2D eigenvalue weighted by Crippen LogP contribution is 2.23. The molecular formula is C20H24FN4O7S2-. The number of hydrogen-bond acceptors (Lipinski definition) is 8. The standard InChI is InChI=1S/C20H25FN4O7S2/c21-13-3-5-14(6-4-13)34(31,32)25-9-8-24(17(26)11-33-12-18(27)28)10-16(25)20(30)23-15-2-1-7-22-19(15)29/h3-6,15-16H,1-2,7-12H2,(H,22,29)(H,23,30)(H,27,28)/p-1/t15-,16+/m0/s1. The summed E-state index contributed by atoms with van der Waals surface area (Å²) in [6, 6.07) is 1.98. The number of benzene rings is 1. The van der Waals surface area contributed by atoms with E-state index in [9.17, 15) is 37.1 Å². The number of piperidine rings is 1. The monoisotopic (exact) mass is 515 g/mol. The van der Waals surface area contributed by atoms with Gasteiger partial charge in [0.25, 0.3) is 0 Å². The van der Waals surface area contributed by atoms with Crippen LogP contribution in [-0.2, 0) is 29.2 Å². The van der Waals surface area contributed by atoms with E-state index >= 15 is 0 Å². The number of aliphatic carboxylic acids is 1. The zero-order valence-electron chi connectivity index (χ0n) is 18.1. The molecule has 1 aromatic carbocycles. The van der Waals surface area contributed by atoms with Gasteiger partial charge in [-0.2, -0.15) is 4.31 Å². The Morgan fingerprint density at radius 3 is 2.53 bits per heavy atom. The van der Waals surface area contributed by atoms with E-state index in [1.54, 1.807) is 0 Å². The second-order valence-electron chi connectivity index (χ2n) is 7.78. The number of amides is 3. The third kappa shape index (κ3) is 6.24. The van der Waals surface area contributed by atoms with Gasteiger partial charge in [-0.25, -0.2) is 12.8 Å². The van der Waals surface area contributed by atoms with Crippen LogP contribution in [0.4, 0.5) is 4.39 Å². The van der Waals surface area contributed by atoms with E-state index < -0.39 is 45.7 Å². The number of carboxylic acid groups (broad SMARTS) is 1. The Labute approximate surface area is 200 Å². The van der Waals surface area contributed by atoms with Gasteiger partial charge in [0.15, 0.2) is 0 Å². The van der Waals surface area contributed by atoms with Crippen molar-refractivity contribution in [2.45, 2.75) is 29.8 Å². The first-order chi connectivity index (χ1) is 16.1. The summed E-state index contributed by atoms with van der Waals surface area (Å²) in [6.07, 6.45) is 1.02. The Bertz CT molecular complexity index is 1050. The van der Waals surface area contributed by atoms with Crippen molar-refractivity contribution in [3.05, 3.63) is 30.1 Å². The van der Waals surface area contributed by atoms with E-state index in [1.807, 2.05) is 0 Å². The number of nitrogens with one attached hydrogen (secondary N) is 2. The van der Waals surface area contributed by atoms with Gasteiger partial charge in [-0.3, -0.25) is 14.4 Å². The zero-order valence-corrected chi connectivity index (χ0v) is 19.7. The number of thioether (sulfide) groups is 1. The maximum absolute atomic E-state index is 13.3. The van der Waals surface area contributed by atoms with Crippen LogP contribution >= 0.6 is 11.8 Å². The molecule has 2 N–H and O–H groups in total. The van der Waals surface area contributed by atoms with Crippen LogP contribution in [0.25, 0.3) is 0 Å². The maximum atomic E-state index is 13.3. The largest absolute Gasteiger partial charge is 0.549 e. The molecule has 0 aromatic heterocycles. The Balaban J connectivity index is 1.81. The summed E-state index contributed by atoms with van der Waals surface area (Å²) >= 11 is 0.832. The molecule has 0 bridgehead atoms. The molecule has 34 heavy (non-hydrogen) atoms. The van der Waals surface area contributed by atoms with Crippen molar-refractivity contribution in [2.24, 2.45) is 0 Å². The fourth-order valence-corrected chi connectivity index (χ4v) is 5.92. The molecule has 0 aliphatic carbocycles. The van der Waals surface area contributed by atoms with Gasteiger partial charge in [0.1, 0.15) is 17.9 Å². The fraction of sp³-hybridized carbons (Fsp3) is 0.500. The summed E-state index contributed by atoms with van der Waals surface area (Å²) in [5.41, 5.74) is 0. The molecular weight excluding hydrogens is 491 g/mol. The lowest BCUT2D eigenvalue weighted by Crippen LogP contribution is -2.63. The SMILES string of the molecule is O=C([O-])CSCC(=O)N1CCN(S(=O)(=O)c2ccc(F)cc2)[C@@H](C(=O)N[C@H]2CCCNC2=O)C1. The van der Waals surface area contributed by atoms with Crippen LogP contribution < -0.4 is 15.7 Å². The van der Waals surface area contributed by atoms with Gasteiger partial charge >= 0.3 is 0 Å². The van der Waals surface area contributed by atoms with Crippen molar-refractivity contribution >= 4 is 45.5 Å². The molecule has 0 spiro atoms. The van der Waals surface area contributed by atoms with Crippen LogP contribution in [0, 0.1) is 5.82 Å². The van der Waals surface area contributed by atoms with Crippen molar-refractivity contribution in [1.82, 2.24) is 19.8 Å². The lowest BCUT2D eigenvalue weighted by molar-refractivity contribution is -0.301. The quantitative estimate of drug-likeness (QED) is 0.399. The molecule has 1 aromatic rings. The molecule has 2 fully saturated rings. The van der Waals surface area contributed by atoms with Crippen LogP contribution in [0.2, 0.25) is 0 Å². The first-order valence-electron chi connectivity index (χ1n) is 10.5. The van der Waals surface area contributed by atoms with E-state index in [-0.39, 0.29) is 41.9 Å². The van der Waals surface area contributed by atoms with Gasteiger partial charge in [0.05, 0.1) is 16.6 Å². The Hall–Kier alpha value is -2.71. The van der Waals surface area contributed by atoms with E-state index in [4.69, 9.17) is 0 Å². The number of carboxylic acids is 1. The normalized spacial score (nSPS) is 21.6. The van der Waals surface area contributed by atoms with Gasteiger partial charge in [-0.1, -0.05) is 0 Å². The second-order valence-corrected chi connectivity index (χ2v) is 10.7. The first-order valence-corrected chi connectivity index (χ1v) is 13.1. The highest BCUT2D eigenvalue weighted by atomic mass is 32.2. The summed E-state index contributed by atoms with van der Waals surface area (Å²) in [7, 11) is -4.23. The number of nitrogens with zero attached hydrogens (tertiary/aromatic N) is 2. The number of carbonyl (C=O) groups excluding carboxylic acids is 4. The van der Waals surface area contributed by atoms with Crippen LogP contribution in [0.15, 0.2) is 29.2 Å². The third-order valence-corrected chi connectivity index (χ3v) is 8.27. The van der Waals surface area contributed by atoms with E-state index in [2.05, 4.69) is 10.6 Å². The maximum Gasteiger partial charge on any atom is 0.243 e. The average molecular weight is 516 g/mol. The van der Waals surface area contributed by atoms with E-state index in [1.165, 1.54) is 4.90 Å². The number of rotatable bonds is 8. The lowest BCUT2D eigenvalue weighted by atomic mass is 10.1. The Kier molecular flexibility index (Phi) is 8.49. The number of hydrogen-bond donors (Lipinski definition) is 2. The molecule has 3 rings (SSSR count). The average Bonchev–Trinajstić information content (AvgIpc) is 2.80. The number of sulfonamides is 1. The van der Waals surface area contributed by atoms with Crippen LogP contribution in [0.1, 0.15) is 12.8 Å². The second kappa shape index (κ2) is 11.1. The van der Waals surface area contributed by atoms with Crippen LogP contribution in [-0.4, -0.2) is 91.1 Å². The van der Waals surface area contributed by atoms with Gasteiger partial charge in [-0.05, 0) is 37.1 Å². The van der Waals surface area contributed by atoms with Crippen LogP contribution in [0.5, 0.6) is 0 Å². The molecule has 2 aliphatic rings. The van der Waals surface area contributed by atoms with Gasteiger partial charge in [0, 0.05) is 31.9 Å². The summed E-state index contributed by atoms with van der Waals surface area (Å²) in [4.78, 5) is 49.4. The molecule has 0 unspecified atom stereocenters. The number of halogens is 1. The summed E-state index contributed by atoms with van der Waals surface area (Å²) < 4.78 is 40.8. The first kappa shape index (κ1) is 25.9. The van der Waals surface area contributed by atoms with Gasteiger partial charge in [0.2, 0.25) is 27.7 Å². The fourth-order valence-electron chi connectivity index (χ4n) is 3.73. The summed E-state index contributed by atoms with van der Waals surface area (Å²) in [5.74, 6) is -4.10. The van der Waals surface area contributed by atoms with Crippen molar-refractivity contribution in [3.63, 3.8) is 0 Å². The predicted molar refractivity (Wildman–Crippen MR) is 117 cm³/mol. The summed E-state index contributed by atoms with van der Waals surface area (Å²) in [5, 5.41) is 15.8. The van der Waals surface area contributed by atoms with Crippen LogP contribution in [0.3, 0.4) is 0 Å². The van der Waals surface area contributed by atoms with E-state index in [0.717, 1.165) is 40.3 Å². The number of piperazine rings is 1. The molecule has 0 saturated carbocycles. The van der Waals surface area contributed by atoms with Crippen molar-refractivity contribution in [3.8, 4) is 0 Å². The highest BCUT2D eigenvalue weighted by Gasteiger charge is 2.42. The molecule has 14 heteroatoms. The zero-order chi connectivity index (χ0) is 24.9. The predicted octanol–water partition coefficient (Wildman–Crippen LogP) is -2.09. The minimum absolute atomic E-state index is 0.0289. The van der Waals surface area contributed by atoms with E-state index in [0.29, 0.717) is 19.4 Å². The molecule has 186 valence electrons. The third-order valence-electron chi connectivity index (χ3n) is 5.45. The smallest absolute Gasteiger partial charge is 0.243 e. The summed E-state index contributed by atoms with van der Waals surface area (Å²) in [6.45, 7) is -0.0544. The molecule has 2 aliphatic heterocycles. The lowest BCUT2D eigenvalue weighted by Gasteiger charge is -2.40. The molecule has 2 atom stereocenters.